The fourth-order valence-electron chi connectivity index (χ4n) is 4.30. The minimum Gasteiger partial charge on any atom is -0.375 e. The first-order valence-electron chi connectivity index (χ1n) is 9.52. The van der Waals surface area contributed by atoms with Crippen LogP contribution in [0.25, 0.3) is 0 Å². The first-order valence-corrected chi connectivity index (χ1v) is 9.52. The van der Waals surface area contributed by atoms with E-state index in [0.717, 1.165) is 24.5 Å². The lowest BCUT2D eigenvalue weighted by Crippen LogP contribution is -2.48. The Kier molecular flexibility index (Phi) is 7.01. The number of rotatable bonds is 7. The zero-order valence-corrected chi connectivity index (χ0v) is 14.6. The molecule has 0 aromatic carbocycles. The molecule has 2 unspecified atom stereocenters. The van der Waals surface area contributed by atoms with E-state index in [9.17, 15) is 0 Å². The smallest absolute Gasteiger partial charge is 0.0685 e. The van der Waals surface area contributed by atoms with Gasteiger partial charge in [0.05, 0.1) is 5.60 Å². The van der Waals surface area contributed by atoms with E-state index in [-0.39, 0.29) is 5.60 Å². The van der Waals surface area contributed by atoms with Crippen molar-refractivity contribution < 1.29 is 4.74 Å². The van der Waals surface area contributed by atoms with Crippen LogP contribution in [0, 0.1) is 11.8 Å². The Hall–Kier alpha value is -0.0800. The predicted molar refractivity (Wildman–Crippen MR) is 90.6 cm³/mol. The van der Waals surface area contributed by atoms with Crippen LogP contribution in [0.4, 0.5) is 0 Å². The van der Waals surface area contributed by atoms with Crippen LogP contribution in [0.5, 0.6) is 0 Å². The van der Waals surface area contributed by atoms with Crippen molar-refractivity contribution in [1.29, 1.82) is 0 Å². The van der Waals surface area contributed by atoms with E-state index < -0.39 is 0 Å². The largest absolute Gasteiger partial charge is 0.375 e. The van der Waals surface area contributed by atoms with Crippen molar-refractivity contribution in [3.05, 3.63) is 0 Å². The van der Waals surface area contributed by atoms with Gasteiger partial charge in [-0.25, -0.2) is 0 Å². The molecular formula is C19H37NO. The van der Waals surface area contributed by atoms with Crippen LogP contribution in [0.3, 0.4) is 0 Å². The molecule has 0 bridgehead atoms. The molecule has 1 aliphatic carbocycles. The van der Waals surface area contributed by atoms with Crippen LogP contribution in [0.2, 0.25) is 0 Å². The van der Waals surface area contributed by atoms with E-state index in [1.165, 1.54) is 70.8 Å². The van der Waals surface area contributed by atoms with E-state index in [1.807, 2.05) is 0 Å². The maximum Gasteiger partial charge on any atom is 0.0685 e. The molecular weight excluding hydrogens is 258 g/mol. The SMILES string of the molecule is CCCNC(CCC(C)C)C1CCOC2(CCCCC2)C1. The third-order valence-corrected chi connectivity index (χ3v) is 5.58. The summed E-state index contributed by atoms with van der Waals surface area (Å²) < 4.78 is 6.29. The van der Waals surface area contributed by atoms with Crippen LogP contribution in [-0.4, -0.2) is 24.8 Å². The minimum atomic E-state index is 0.255. The first kappa shape index (κ1) is 17.3. The van der Waals surface area contributed by atoms with Gasteiger partial charge < -0.3 is 10.1 Å². The van der Waals surface area contributed by atoms with Gasteiger partial charge in [0.1, 0.15) is 0 Å². The highest BCUT2D eigenvalue weighted by Gasteiger charge is 2.40. The fraction of sp³-hybridized carbons (Fsp3) is 1.00. The Morgan fingerprint density at radius 1 is 1.14 bits per heavy atom. The van der Waals surface area contributed by atoms with Gasteiger partial charge in [-0.2, -0.15) is 0 Å². The molecule has 2 aliphatic rings. The second-order valence-corrected chi connectivity index (χ2v) is 7.88. The van der Waals surface area contributed by atoms with Gasteiger partial charge in [-0.1, -0.05) is 40.0 Å². The van der Waals surface area contributed by atoms with Gasteiger partial charge in [-0.05, 0) is 63.3 Å². The molecule has 2 rings (SSSR count). The molecule has 1 N–H and O–H groups in total. The zero-order valence-electron chi connectivity index (χ0n) is 14.6. The molecule has 2 heteroatoms. The monoisotopic (exact) mass is 295 g/mol. The van der Waals surface area contributed by atoms with E-state index in [4.69, 9.17) is 4.74 Å². The normalized spacial score (nSPS) is 27.1. The molecule has 1 saturated carbocycles. The summed E-state index contributed by atoms with van der Waals surface area (Å²) in [4.78, 5) is 0. The molecule has 2 nitrogen and oxygen atoms in total. The Balaban J connectivity index is 1.93. The van der Waals surface area contributed by atoms with Gasteiger partial charge >= 0.3 is 0 Å². The van der Waals surface area contributed by atoms with Gasteiger partial charge in [0.15, 0.2) is 0 Å². The molecule has 1 spiro atoms. The minimum absolute atomic E-state index is 0.255. The number of hydrogen-bond donors (Lipinski definition) is 1. The standard InChI is InChI=1S/C19H37NO/c1-4-13-20-18(9-8-16(2)3)17-10-14-21-19(15-17)11-6-5-7-12-19/h16-18,20H,4-15H2,1-3H3. The van der Waals surface area contributed by atoms with Gasteiger partial charge in [-0.15, -0.1) is 0 Å². The summed E-state index contributed by atoms with van der Waals surface area (Å²) in [5, 5.41) is 3.86. The maximum atomic E-state index is 6.29. The Labute approximate surface area is 132 Å². The van der Waals surface area contributed by atoms with E-state index in [2.05, 4.69) is 26.1 Å². The molecule has 2 fully saturated rings. The highest BCUT2D eigenvalue weighted by Crippen LogP contribution is 2.42. The average Bonchev–Trinajstić information content (AvgIpc) is 2.48. The van der Waals surface area contributed by atoms with Crippen LogP contribution in [0.1, 0.15) is 85.0 Å². The zero-order chi connectivity index (χ0) is 15.1. The topological polar surface area (TPSA) is 21.3 Å². The maximum absolute atomic E-state index is 6.29. The van der Waals surface area contributed by atoms with Gasteiger partial charge in [0.25, 0.3) is 0 Å². The molecule has 1 aliphatic heterocycles. The molecule has 2 atom stereocenters. The first-order chi connectivity index (χ1) is 10.2. The molecule has 1 heterocycles. The second kappa shape index (κ2) is 8.53. The van der Waals surface area contributed by atoms with Crippen molar-refractivity contribution in [2.24, 2.45) is 11.8 Å². The van der Waals surface area contributed by atoms with Gasteiger partial charge in [0, 0.05) is 12.6 Å². The lowest BCUT2D eigenvalue weighted by Gasteiger charge is -2.46. The summed E-state index contributed by atoms with van der Waals surface area (Å²) in [6.45, 7) is 9.15. The summed E-state index contributed by atoms with van der Waals surface area (Å²) in [6.07, 6.45) is 13.3. The van der Waals surface area contributed by atoms with Crippen molar-refractivity contribution in [2.45, 2.75) is 96.6 Å². The molecule has 124 valence electrons. The lowest BCUT2D eigenvalue weighted by molar-refractivity contribution is -0.122. The number of ether oxygens (including phenoxy) is 1. The average molecular weight is 296 g/mol. The molecule has 1 saturated heterocycles. The number of hydrogen-bond acceptors (Lipinski definition) is 2. The predicted octanol–water partition coefficient (Wildman–Crippen LogP) is 4.92. The van der Waals surface area contributed by atoms with Crippen LogP contribution >= 0.6 is 0 Å². The summed E-state index contributed by atoms with van der Waals surface area (Å²) in [5.74, 6) is 1.65. The summed E-state index contributed by atoms with van der Waals surface area (Å²) >= 11 is 0. The third-order valence-electron chi connectivity index (χ3n) is 5.58. The van der Waals surface area contributed by atoms with Crippen molar-refractivity contribution in [3.63, 3.8) is 0 Å². The van der Waals surface area contributed by atoms with E-state index in [1.54, 1.807) is 0 Å². The molecule has 0 amide bonds. The second-order valence-electron chi connectivity index (χ2n) is 7.88. The highest BCUT2D eigenvalue weighted by atomic mass is 16.5. The summed E-state index contributed by atoms with van der Waals surface area (Å²) in [5.41, 5.74) is 0.255. The summed E-state index contributed by atoms with van der Waals surface area (Å²) in [7, 11) is 0. The van der Waals surface area contributed by atoms with Crippen molar-refractivity contribution >= 4 is 0 Å². The van der Waals surface area contributed by atoms with E-state index >= 15 is 0 Å². The lowest BCUT2D eigenvalue weighted by atomic mass is 9.73. The molecule has 0 aromatic heterocycles. The van der Waals surface area contributed by atoms with Crippen LogP contribution in [0.15, 0.2) is 0 Å². The van der Waals surface area contributed by atoms with Crippen LogP contribution < -0.4 is 5.32 Å². The van der Waals surface area contributed by atoms with Gasteiger partial charge in [0.2, 0.25) is 0 Å². The number of nitrogens with one attached hydrogen (secondary N) is 1. The van der Waals surface area contributed by atoms with E-state index in [0.29, 0.717) is 0 Å². The Morgan fingerprint density at radius 3 is 2.57 bits per heavy atom. The quantitative estimate of drug-likeness (QED) is 0.720. The van der Waals surface area contributed by atoms with Gasteiger partial charge in [-0.3, -0.25) is 0 Å². The summed E-state index contributed by atoms with van der Waals surface area (Å²) in [6, 6.07) is 0.718. The highest BCUT2D eigenvalue weighted by molar-refractivity contribution is 4.93. The van der Waals surface area contributed by atoms with Crippen molar-refractivity contribution in [2.75, 3.05) is 13.2 Å². The van der Waals surface area contributed by atoms with Crippen molar-refractivity contribution in [1.82, 2.24) is 5.32 Å². The molecule has 0 aromatic rings. The Bertz CT molecular complexity index is 278. The van der Waals surface area contributed by atoms with Crippen molar-refractivity contribution in [3.8, 4) is 0 Å². The Morgan fingerprint density at radius 2 is 1.90 bits per heavy atom. The fourth-order valence-corrected chi connectivity index (χ4v) is 4.30. The third kappa shape index (κ3) is 5.25. The van der Waals surface area contributed by atoms with Crippen LogP contribution in [-0.2, 0) is 4.74 Å². The molecule has 0 radical (unpaired) electrons. The molecule has 21 heavy (non-hydrogen) atoms.